The zero-order valence-corrected chi connectivity index (χ0v) is 10.3. The molecule has 3 heteroatoms. The highest BCUT2D eigenvalue weighted by Crippen LogP contribution is 2.23. The molecular weight excluding hydrogens is 231 g/mol. The molecule has 0 heterocycles. The lowest BCUT2D eigenvalue weighted by molar-refractivity contribution is 0.466. The van der Waals surface area contributed by atoms with Gasteiger partial charge in [0.15, 0.2) is 0 Å². The molecule has 2 unspecified atom stereocenters. The van der Waals surface area contributed by atoms with E-state index >= 15 is 0 Å². The molecule has 15 heavy (non-hydrogen) atoms. The third-order valence-electron chi connectivity index (χ3n) is 2.39. The summed E-state index contributed by atoms with van der Waals surface area (Å²) in [4.78, 5) is 0. The molecule has 0 fully saturated rings. The van der Waals surface area contributed by atoms with Gasteiger partial charge in [-0.3, -0.25) is 0 Å². The SMILES string of the molecule is CCC(Cl)CC(Cl)Cc1ccccc1O. The fraction of sp³-hybridized carbons (Fsp3) is 0.500. The van der Waals surface area contributed by atoms with E-state index in [1.807, 2.05) is 19.1 Å². The predicted molar refractivity (Wildman–Crippen MR) is 66.0 cm³/mol. The fourth-order valence-electron chi connectivity index (χ4n) is 1.45. The summed E-state index contributed by atoms with van der Waals surface area (Å²) in [6, 6.07) is 7.27. The number of halogens is 2. The molecule has 1 nitrogen and oxygen atoms in total. The second-order valence-corrected chi connectivity index (χ2v) is 4.91. The van der Waals surface area contributed by atoms with Gasteiger partial charge in [-0.25, -0.2) is 0 Å². The van der Waals surface area contributed by atoms with Crippen molar-refractivity contribution < 1.29 is 5.11 Å². The van der Waals surface area contributed by atoms with Crippen LogP contribution in [0.3, 0.4) is 0 Å². The molecule has 0 saturated heterocycles. The maximum absolute atomic E-state index is 9.56. The number of hydrogen-bond acceptors (Lipinski definition) is 1. The zero-order valence-electron chi connectivity index (χ0n) is 8.79. The summed E-state index contributed by atoms with van der Waals surface area (Å²) in [5.74, 6) is 0.311. The Labute approximate surface area is 101 Å². The molecule has 2 atom stereocenters. The monoisotopic (exact) mass is 246 g/mol. The molecule has 0 spiro atoms. The normalized spacial score (nSPS) is 14.9. The first kappa shape index (κ1) is 12.7. The van der Waals surface area contributed by atoms with Crippen molar-refractivity contribution in [3.63, 3.8) is 0 Å². The first-order chi connectivity index (χ1) is 7.13. The third-order valence-corrected chi connectivity index (χ3v) is 3.21. The van der Waals surface area contributed by atoms with Gasteiger partial charge < -0.3 is 5.11 Å². The van der Waals surface area contributed by atoms with Gasteiger partial charge in [-0.2, -0.15) is 0 Å². The van der Waals surface area contributed by atoms with Crippen LogP contribution in [0, 0.1) is 0 Å². The van der Waals surface area contributed by atoms with Crippen molar-refractivity contribution >= 4 is 23.2 Å². The molecule has 84 valence electrons. The topological polar surface area (TPSA) is 20.2 Å². The molecule has 0 aliphatic rings. The second kappa shape index (κ2) is 6.24. The van der Waals surface area contributed by atoms with Gasteiger partial charge in [0.1, 0.15) is 5.75 Å². The maximum Gasteiger partial charge on any atom is 0.118 e. The van der Waals surface area contributed by atoms with Crippen molar-refractivity contribution in [3.8, 4) is 5.75 Å². The smallest absolute Gasteiger partial charge is 0.118 e. The van der Waals surface area contributed by atoms with Crippen molar-refractivity contribution in [3.05, 3.63) is 29.8 Å². The number of hydrogen-bond donors (Lipinski definition) is 1. The van der Waals surface area contributed by atoms with Gasteiger partial charge in [0, 0.05) is 10.8 Å². The van der Waals surface area contributed by atoms with Crippen molar-refractivity contribution in [2.45, 2.75) is 36.9 Å². The molecule has 1 rings (SSSR count). The Kier molecular flexibility index (Phi) is 5.27. The molecule has 0 radical (unpaired) electrons. The van der Waals surface area contributed by atoms with Crippen LogP contribution in [-0.4, -0.2) is 15.9 Å². The van der Waals surface area contributed by atoms with Gasteiger partial charge in [0.2, 0.25) is 0 Å². The average Bonchev–Trinajstić information content (AvgIpc) is 2.21. The summed E-state index contributed by atoms with van der Waals surface area (Å²) in [6.07, 6.45) is 2.36. The molecule has 0 saturated carbocycles. The highest BCUT2D eigenvalue weighted by Gasteiger charge is 2.12. The van der Waals surface area contributed by atoms with E-state index in [-0.39, 0.29) is 10.8 Å². The fourth-order valence-corrected chi connectivity index (χ4v) is 2.14. The first-order valence-electron chi connectivity index (χ1n) is 5.18. The summed E-state index contributed by atoms with van der Waals surface area (Å²) in [5, 5.41) is 9.67. The van der Waals surface area contributed by atoms with E-state index in [2.05, 4.69) is 0 Å². The lowest BCUT2D eigenvalue weighted by atomic mass is 10.0. The molecular formula is C12H16Cl2O. The zero-order chi connectivity index (χ0) is 11.3. The Hall–Kier alpha value is -0.400. The minimum Gasteiger partial charge on any atom is -0.508 e. The van der Waals surface area contributed by atoms with Crippen molar-refractivity contribution in [2.24, 2.45) is 0 Å². The van der Waals surface area contributed by atoms with Crippen LogP contribution in [0.2, 0.25) is 0 Å². The van der Waals surface area contributed by atoms with Crippen molar-refractivity contribution in [1.82, 2.24) is 0 Å². The van der Waals surface area contributed by atoms with Crippen LogP contribution in [0.1, 0.15) is 25.3 Å². The van der Waals surface area contributed by atoms with Crippen molar-refractivity contribution in [2.75, 3.05) is 0 Å². The molecule has 0 aliphatic heterocycles. The Morgan fingerprint density at radius 3 is 2.47 bits per heavy atom. The highest BCUT2D eigenvalue weighted by molar-refractivity contribution is 6.23. The Bertz CT molecular complexity index is 301. The van der Waals surface area contributed by atoms with E-state index in [9.17, 15) is 5.11 Å². The van der Waals surface area contributed by atoms with Crippen molar-refractivity contribution in [1.29, 1.82) is 0 Å². The number of benzene rings is 1. The second-order valence-electron chi connectivity index (χ2n) is 3.67. The standard InChI is InChI=1S/C12H16Cl2O/c1-2-10(13)8-11(14)7-9-5-3-4-6-12(9)15/h3-6,10-11,15H,2,7-8H2,1H3. The summed E-state index contributed by atoms with van der Waals surface area (Å²) >= 11 is 12.2. The van der Waals surface area contributed by atoms with E-state index < -0.39 is 0 Å². The molecule has 0 aromatic heterocycles. The van der Waals surface area contributed by atoms with Gasteiger partial charge in [-0.05, 0) is 30.9 Å². The molecule has 0 bridgehead atoms. The number of para-hydroxylation sites is 1. The third kappa shape index (κ3) is 4.31. The summed E-state index contributed by atoms with van der Waals surface area (Å²) < 4.78 is 0. The maximum atomic E-state index is 9.56. The number of aromatic hydroxyl groups is 1. The Morgan fingerprint density at radius 1 is 1.20 bits per heavy atom. The van der Waals surface area contributed by atoms with Crippen LogP contribution in [-0.2, 0) is 6.42 Å². The van der Waals surface area contributed by atoms with E-state index in [0.717, 1.165) is 18.4 Å². The Morgan fingerprint density at radius 2 is 1.87 bits per heavy atom. The number of alkyl halides is 2. The van der Waals surface area contributed by atoms with Crippen LogP contribution in [0.15, 0.2) is 24.3 Å². The van der Waals surface area contributed by atoms with Crippen LogP contribution in [0.4, 0.5) is 0 Å². The van der Waals surface area contributed by atoms with Gasteiger partial charge in [0.05, 0.1) is 0 Å². The van der Waals surface area contributed by atoms with E-state index in [0.29, 0.717) is 12.2 Å². The lowest BCUT2D eigenvalue weighted by Gasteiger charge is -2.13. The molecule has 1 aromatic carbocycles. The van der Waals surface area contributed by atoms with E-state index in [1.54, 1.807) is 12.1 Å². The quantitative estimate of drug-likeness (QED) is 0.781. The average molecular weight is 247 g/mol. The lowest BCUT2D eigenvalue weighted by Crippen LogP contribution is -2.10. The summed E-state index contributed by atoms with van der Waals surface area (Å²) in [5.41, 5.74) is 0.887. The largest absolute Gasteiger partial charge is 0.508 e. The minimum absolute atomic E-state index is 0.0132. The molecule has 1 aromatic rings. The van der Waals surface area contributed by atoms with Crippen LogP contribution in [0.5, 0.6) is 5.75 Å². The number of rotatable bonds is 5. The number of phenols is 1. The van der Waals surface area contributed by atoms with Gasteiger partial charge in [-0.15, -0.1) is 23.2 Å². The first-order valence-corrected chi connectivity index (χ1v) is 6.05. The predicted octanol–water partition coefficient (Wildman–Crippen LogP) is 3.95. The number of phenolic OH excluding ortho intramolecular Hbond substituents is 1. The van der Waals surface area contributed by atoms with Gasteiger partial charge in [-0.1, -0.05) is 25.1 Å². The molecule has 1 N–H and O–H groups in total. The van der Waals surface area contributed by atoms with Crippen LogP contribution < -0.4 is 0 Å². The molecule has 0 aliphatic carbocycles. The summed E-state index contributed by atoms with van der Waals surface area (Å²) in [7, 11) is 0. The molecule has 0 amide bonds. The van der Waals surface area contributed by atoms with E-state index in [4.69, 9.17) is 23.2 Å². The van der Waals surface area contributed by atoms with E-state index in [1.165, 1.54) is 0 Å². The minimum atomic E-state index is -0.0132. The van der Waals surface area contributed by atoms with Crippen LogP contribution >= 0.6 is 23.2 Å². The van der Waals surface area contributed by atoms with Crippen LogP contribution in [0.25, 0.3) is 0 Å². The van der Waals surface area contributed by atoms with Gasteiger partial charge in [0.25, 0.3) is 0 Å². The van der Waals surface area contributed by atoms with Gasteiger partial charge >= 0.3 is 0 Å². The summed E-state index contributed by atoms with van der Waals surface area (Å²) in [6.45, 7) is 2.04. The Balaban J connectivity index is 2.51. The highest BCUT2D eigenvalue weighted by atomic mass is 35.5.